The fraction of sp³-hybridized carbons (Fsp3) is 0.667. The molecule has 1 amide bonds. The molecule has 25 heavy (non-hydrogen) atoms. The Kier molecular flexibility index (Phi) is 12.9. The lowest BCUT2D eigenvalue weighted by atomic mass is 10.1. The van der Waals surface area contributed by atoms with Crippen molar-refractivity contribution in [3.63, 3.8) is 0 Å². The third-order valence-electron chi connectivity index (χ3n) is 3.83. The second kappa shape index (κ2) is 13.7. The molecule has 4 heteroatoms. The minimum Gasteiger partial charge on any atom is -0.369 e. The topological polar surface area (TPSA) is 35.6 Å². The highest BCUT2D eigenvalue weighted by Gasteiger charge is 2.16. The normalized spacial score (nSPS) is 14.2. The summed E-state index contributed by atoms with van der Waals surface area (Å²) in [5.74, 6) is 0.00400. The van der Waals surface area contributed by atoms with Gasteiger partial charge in [-0.15, -0.1) is 0 Å². The van der Waals surface area contributed by atoms with E-state index in [1.165, 1.54) is 18.7 Å². The van der Waals surface area contributed by atoms with Crippen LogP contribution >= 0.6 is 0 Å². The number of carbonyl (C=O) groups is 1. The summed E-state index contributed by atoms with van der Waals surface area (Å²) in [6.07, 6.45) is 1.22. The monoisotopic (exact) mass is 349 g/mol. The predicted molar refractivity (Wildman–Crippen MR) is 111 cm³/mol. The lowest BCUT2D eigenvalue weighted by molar-refractivity contribution is 0.0943. The smallest absolute Gasteiger partial charge is 0.251 e. The number of piperazine rings is 1. The first-order valence-corrected chi connectivity index (χ1v) is 9.98. The summed E-state index contributed by atoms with van der Waals surface area (Å²) in [5.41, 5.74) is 1.95. The van der Waals surface area contributed by atoms with Crippen molar-refractivity contribution in [2.24, 2.45) is 0 Å². The van der Waals surface area contributed by atoms with E-state index < -0.39 is 0 Å². The van der Waals surface area contributed by atoms with Crippen LogP contribution in [0, 0.1) is 0 Å². The van der Waals surface area contributed by atoms with Crippen LogP contribution in [0.3, 0.4) is 0 Å². The van der Waals surface area contributed by atoms with Crippen LogP contribution in [0.1, 0.15) is 65.2 Å². The molecule has 0 atom stereocenters. The molecule has 1 fully saturated rings. The highest BCUT2D eigenvalue weighted by atomic mass is 16.1. The van der Waals surface area contributed by atoms with E-state index in [0.29, 0.717) is 0 Å². The van der Waals surface area contributed by atoms with Gasteiger partial charge in [0.25, 0.3) is 5.91 Å². The lowest BCUT2D eigenvalue weighted by Gasteiger charge is -2.36. The summed E-state index contributed by atoms with van der Waals surface area (Å²) in [4.78, 5) is 16.8. The van der Waals surface area contributed by atoms with Crippen molar-refractivity contribution in [1.29, 1.82) is 0 Å². The Morgan fingerprint density at radius 2 is 1.52 bits per heavy atom. The third kappa shape index (κ3) is 8.39. The van der Waals surface area contributed by atoms with Crippen LogP contribution in [0.2, 0.25) is 0 Å². The van der Waals surface area contributed by atoms with Gasteiger partial charge in [0, 0.05) is 43.5 Å². The minimum atomic E-state index is 0.00400. The second-order valence-corrected chi connectivity index (χ2v) is 6.00. The van der Waals surface area contributed by atoms with E-state index in [1.807, 2.05) is 53.7 Å². The lowest BCUT2D eigenvalue weighted by Crippen LogP contribution is -2.46. The van der Waals surface area contributed by atoms with Crippen molar-refractivity contribution in [3.8, 4) is 0 Å². The van der Waals surface area contributed by atoms with Crippen LogP contribution < -0.4 is 10.2 Å². The quantitative estimate of drug-likeness (QED) is 0.855. The molecule has 1 aliphatic heterocycles. The zero-order valence-corrected chi connectivity index (χ0v) is 17.4. The third-order valence-corrected chi connectivity index (χ3v) is 3.83. The van der Waals surface area contributed by atoms with Crippen LogP contribution in [0.25, 0.3) is 0 Å². The number of nitrogens with one attached hydrogen (secondary N) is 1. The van der Waals surface area contributed by atoms with Crippen molar-refractivity contribution >= 4 is 11.6 Å². The van der Waals surface area contributed by atoms with Gasteiger partial charge >= 0.3 is 0 Å². The fourth-order valence-electron chi connectivity index (χ4n) is 2.72. The highest BCUT2D eigenvalue weighted by Crippen LogP contribution is 2.17. The van der Waals surface area contributed by atoms with E-state index in [1.54, 1.807) is 0 Å². The number of hydrogen-bond acceptors (Lipinski definition) is 3. The van der Waals surface area contributed by atoms with Gasteiger partial charge in [0.05, 0.1) is 0 Å². The van der Waals surface area contributed by atoms with Gasteiger partial charge in [0.15, 0.2) is 0 Å². The molecule has 0 radical (unpaired) electrons. The zero-order chi connectivity index (χ0) is 19.2. The summed E-state index contributed by atoms with van der Waals surface area (Å²) in [7, 11) is 0. The Labute approximate surface area is 155 Å². The molecule has 0 unspecified atom stereocenters. The van der Waals surface area contributed by atoms with Gasteiger partial charge in [-0.05, 0) is 51.1 Å². The number of carbonyl (C=O) groups excluding carboxylic acids is 1. The molecule has 1 saturated heterocycles. The molecule has 1 aromatic carbocycles. The molecule has 0 bridgehead atoms. The van der Waals surface area contributed by atoms with Crippen molar-refractivity contribution in [3.05, 3.63) is 29.8 Å². The molecule has 144 valence electrons. The molecule has 0 aromatic heterocycles. The number of nitrogens with zero attached hydrogens (tertiary/aromatic N) is 2. The van der Waals surface area contributed by atoms with Crippen molar-refractivity contribution in [1.82, 2.24) is 10.2 Å². The largest absolute Gasteiger partial charge is 0.369 e. The average molecular weight is 350 g/mol. The van der Waals surface area contributed by atoms with Gasteiger partial charge in [-0.25, -0.2) is 0 Å². The second-order valence-electron chi connectivity index (χ2n) is 6.00. The van der Waals surface area contributed by atoms with E-state index in [-0.39, 0.29) is 11.9 Å². The standard InChI is InChI=1S/C17H27N3O.2C2H6/c1-4-9-19-10-12-20(13-11-19)16-7-5-15(6-8-16)17(21)18-14(2)3;2*1-2/h5-8,14H,4,9-13H2,1-3H3,(H,18,21);2*1-2H3. The van der Waals surface area contributed by atoms with Gasteiger partial charge in [0.2, 0.25) is 0 Å². The molecule has 4 nitrogen and oxygen atoms in total. The first-order valence-electron chi connectivity index (χ1n) is 9.98. The minimum absolute atomic E-state index is 0.00400. The summed E-state index contributed by atoms with van der Waals surface area (Å²) in [6, 6.07) is 8.13. The van der Waals surface area contributed by atoms with Crippen molar-refractivity contribution < 1.29 is 4.79 Å². The van der Waals surface area contributed by atoms with E-state index in [0.717, 1.165) is 31.7 Å². The first kappa shape index (κ1) is 23.4. The van der Waals surface area contributed by atoms with Crippen molar-refractivity contribution in [2.45, 2.75) is 60.9 Å². The highest BCUT2D eigenvalue weighted by molar-refractivity contribution is 5.94. The Morgan fingerprint density at radius 3 is 1.96 bits per heavy atom. The Hall–Kier alpha value is -1.55. The fourth-order valence-corrected chi connectivity index (χ4v) is 2.72. The molecular weight excluding hydrogens is 310 g/mol. The van der Waals surface area contributed by atoms with Crippen LogP contribution in [-0.4, -0.2) is 49.6 Å². The van der Waals surface area contributed by atoms with Gasteiger partial charge in [-0.1, -0.05) is 34.6 Å². The summed E-state index contributed by atoms with van der Waals surface area (Å²) < 4.78 is 0. The SMILES string of the molecule is CC.CC.CCCN1CCN(c2ccc(C(=O)NC(C)C)cc2)CC1. The maximum absolute atomic E-state index is 11.9. The molecule has 0 spiro atoms. The van der Waals surface area contributed by atoms with Crippen LogP contribution in [0.15, 0.2) is 24.3 Å². The Morgan fingerprint density at radius 1 is 1.00 bits per heavy atom. The van der Waals surface area contributed by atoms with Gasteiger partial charge in [0.1, 0.15) is 0 Å². The molecule has 2 rings (SSSR count). The molecule has 0 saturated carbocycles. The Balaban J connectivity index is 0.00000134. The zero-order valence-electron chi connectivity index (χ0n) is 17.4. The van der Waals surface area contributed by atoms with Gasteiger partial charge in [-0.3, -0.25) is 9.69 Å². The number of benzene rings is 1. The number of rotatable bonds is 5. The van der Waals surface area contributed by atoms with Crippen molar-refractivity contribution in [2.75, 3.05) is 37.6 Å². The summed E-state index contributed by atoms with van der Waals surface area (Å²) in [6.45, 7) is 19.8. The Bertz CT molecular complexity index is 449. The molecule has 1 N–H and O–H groups in total. The number of anilines is 1. The molecule has 1 aliphatic rings. The maximum atomic E-state index is 11.9. The average Bonchev–Trinajstić information content (AvgIpc) is 2.65. The van der Waals surface area contributed by atoms with E-state index in [9.17, 15) is 4.79 Å². The van der Waals surface area contributed by atoms with Gasteiger partial charge < -0.3 is 10.2 Å². The molecule has 1 heterocycles. The number of hydrogen-bond donors (Lipinski definition) is 1. The van der Waals surface area contributed by atoms with Crippen LogP contribution in [0.5, 0.6) is 0 Å². The summed E-state index contributed by atoms with van der Waals surface area (Å²) in [5, 5.41) is 2.92. The molecular formula is C21H39N3O. The number of amides is 1. The van der Waals surface area contributed by atoms with Crippen LogP contribution in [0.4, 0.5) is 5.69 Å². The molecule has 1 aromatic rings. The molecule has 0 aliphatic carbocycles. The van der Waals surface area contributed by atoms with E-state index in [4.69, 9.17) is 0 Å². The van der Waals surface area contributed by atoms with Gasteiger partial charge in [-0.2, -0.15) is 0 Å². The predicted octanol–water partition coefficient (Wildman–Crippen LogP) is 4.41. The summed E-state index contributed by atoms with van der Waals surface area (Å²) >= 11 is 0. The maximum Gasteiger partial charge on any atom is 0.251 e. The first-order chi connectivity index (χ1) is 12.1. The van der Waals surface area contributed by atoms with E-state index >= 15 is 0 Å². The van der Waals surface area contributed by atoms with Crippen LogP contribution in [-0.2, 0) is 0 Å². The van der Waals surface area contributed by atoms with E-state index in [2.05, 4.69) is 34.2 Å².